The summed E-state index contributed by atoms with van der Waals surface area (Å²) < 4.78 is 0. The minimum Gasteiger partial charge on any atom is -0.248 e. The second kappa shape index (κ2) is 4.51. The highest BCUT2D eigenvalue weighted by Crippen LogP contribution is 2.25. The number of hydrogen-bond acceptors (Lipinski definition) is 1. The molecule has 0 saturated carbocycles. The summed E-state index contributed by atoms with van der Waals surface area (Å²) in [5.41, 5.74) is 7.22. The highest BCUT2D eigenvalue weighted by Gasteiger charge is 2.05. The first-order valence-electron chi connectivity index (χ1n) is 6.59. The van der Waals surface area contributed by atoms with Crippen LogP contribution in [-0.4, -0.2) is 4.98 Å². The van der Waals surface area contributed by atoms with Gasteiger partial charge in [0.2, 0.25) is 0 Å². The summed E-state index contributed by atoms with van der Waals surface area (Å²) >= 11 is 0. The lowest BCUT2D eigenvalue weighted by Gasteiger charge is -2.08. The fraction of sp³-hybridized carbons (Fsp3) is 0.167. The van der Waals surface area contributed by atoms with Crippen molar-refractivity contribution < 1.29 is 0 Å². The van der Waals surface area contributed by atoms with E-state index < -0.39 is 0 Å². The Bertz CT molecular complexity index is 757. The van der Waals surface area contributed by atoms with Gasteiger partial charge in [-0.1, -0.05) is 30.3 Å². The van der Waals surface area contributed by atoms with Crippen molar-refractivity contribution in [3.05, 3.63) is 65.2 Å². The van der Waals surface area contributed by atoms with Crippen LogP contribution >= 0.6 is 0 Å². The Morgan fingerprint density at radius 3 is 2.32 bits per heavy atom. The van der Waals surface area contributed by atoms with E-state index in [4.69, 9.17) is 4.98 Å². The third-order valence-electron chi connectivity index (χ3n) is 3.73. The molecule has 3 aromatic rings. The maximum absolute atomic E-state index is 4.78. The zero-order valence-corrected chi connectivity index (χ0v) is 11.6. The molecule has 0 spiro atoms. The fourth-order valence-corrected chi connectivity index (χ4v) is 2.40. The van der Waals surface area contributed by atoms with Gasteiger partial charge in [-0.3, -0.25) is 0 Å². The second-order valence-corrected chi connectivity index (χ2v) is 5.14. The molecular weight excluding hydrogens is 230 g/mol. The van der Waals surface area contributed by atoms with Gasteiger partial charge >= 0.3 is 0 Å². The van der Waals surface area contributed by atoms with E-state index in [1.807, 2.05) is 6.07 Å². The van der Waals surface area contributed by atoms with Gasteiger partial charge in [-0.05, 0) is 55.7 Å². The van der Waals surface area contributed by atoms with E-state index in [-0.39, 0.29) is 0 Å². The highest BCUT2D eigenvalue weighted by molar-refractivity contribution is 5.84. The molecule has 1 heteroatoms. The molecule has 2 aromatic carbocycles. The van der Waals surface area contributed by atoms with Gasteiger partial charge in [-0.15, -0.1) is 0 Å². The summed E-state index contributed by atoms with van der Waals surface area (Å²) in [4.78, 5) is 4.78. The third-order valence-corrected chi connectivity index (χ3v) is 3.73. The van der Waals surface area contributed by atoms with Crippen LogP contribution in [0.1, 0.15) is 16.7 Å². The zero-order chi connectivity index (χ0) is 13.4. The fourth-order valence-electron chi connectivity index (χ4n) is 2.40. The first-order chi connectivity index (χ1) is 9.15. The molecule has 0 aliphatic rings. The minimum atomic E-state index is 1.05. The Morgan fingerprint density at radius 1 is 0.737 bits per heavy atom. The summed E-state index contributed by atoms with van der Waals surface area (Å²) in [5.74, 6) is 0. The molecule has 0 aliphatic heterocycles. The van der Waals surface area contributed by atoms with E-state index in [1.165, 1.54) is 27.6 Å². The summed E-state index contributed by atoms with van der Waals surface area (Å²) in [6.07, 6.45) is 0. The van der Waals surface area contributed by atoms with Crippen molar-refractivity contribution in [3.8, 4) is 11.3 Å². The number of aromatic nitrogens is 1. The van der Waals surface area contributed by atoms with Crippen molar-refractivity contribution in [2.75, 3.05) is 0 Å². The molecule has 3 rings (SSSR count). The molecule has 0 N–H and O–H groups in total. The second-order valence-electron chi connectivity index (χ2n) is 5.14. The SMILES string of the molecule is Cc1ccc(-c2cc(C)c3ccccc3n2)cc1C. The Morgan fingerprint density at radius 2 is 1.53 bits per heavy atom. The number of hydrogen-bond donors (Lipinski definition) is 0. The molecule has 0 radical (unpaired) electrons. The molecule has 19 heavy (non-hydrogen) atoms. The van der Waals surface area contributed by atoms with Crippen LogP contribution in [0.25, 0.3) is 22.2 Å². The average Bonchev–Trinajstić information content (AvgIpc) is 2.42. The predicted octanol–water partition coefficient (Wildman–Crippen LogP) is 4.83. The molecule has 0 unspecified atom stereocenters. The van der Waals surface area contributed by atoms with Gasteiger partial charge in [0.25, 0.3) is 0 Å². The van der Waals surface area contributed by atoms with Crippen molar-refractivity contribution in [1.29, 1.82) is 0 Å². The number of rotatable bonds is 1. The molecule has 94 valence electrons. The molecule has 1 heterocycles. The molecule has 0 saturated heterocycles. The standard InChI is InChI=1S/C18H17N/c1-12-8-9-15(10-13(12)2)18-11-14(3)16-6-4-5-7-17(16)19-18/h4-11H,1-3H3. The highest BCUT2D eigenvalue weighted by atomic mass is 14.7. The van der Waals surface area contributed by atoms with Gasteiger partial charge in [0.1, 0.15) is 0 Å². The smallest absolute Gasteiger partial charge is 0.0712 e. The van der Waals surface area contributed by atoms with Gasteiger partial charge in [0.15, 0.2) is 0 Å². The molecule has 1 nitrogen and oxygen atoms in total. The van der Waals surface area contributed by atoms with E-state index in [1.54, 1.807) is 0 Å². The first kappa shape index (κ1) is 11.9. The first-order valence-corrected chi connectivity index (χ1v) is 6.59. The maximum Gasteiger partial charge on any atom is 0.0712 e. The van der Waals surface area contributed by atoms with Crippen LogP contribution in [0.5, 0.6) is 0 Å². The number of fused-ring (bicyclic) bond motifs is 1. The molecule has 0 atom stereocenters. The van der Waals surface area contributed by atoms with Crippen LogP contribution in [-0.2, 0) is 0 Å². The zero-order valence-electron chi connectivity index (χ0n) is 11.6. The van der Waals surface area contributed by atoms with Crippen molar-refractivity contribution in [1.82, 2.24) is 4.98 Å². The van der Waals surface area contributed by atoms with Crippen LogP contribution in [0, 0.1) is 20.8 Å². The Labute approximate surface area is 113 Å². The van der Waals surface area contributed by atoms with E-state index in [0.29, 0.717) is 0 Å². The lowest BCUT2D eigenvalue weighted by molar-refractivity contribution is 1.31. The van der Waals surface area contributed by atoms with Gasteiger partial charge in [0, 0.05) is 10.9 Å². The Hall–Kier alpha value is -2.15. The Balaban J connectivity index is 2.22. The summed E-state index contributed by atoms with van der Waals surface area (Å²) in [7, 11) is 0. The van der Waals surface area contributed by atoms with E-state index in [2.05, 4.69) is 63.2 Å². The number of para-hydroxylation sites is 1. The molecule has 0 amide bonds. The lowest BCUT2D eigenvalue weighted by Crippen LogP contribution is -1.90. The molecular formula is C18H17N. The summed E-state index contributed by atoms with van der Waals surface area (Å²) in [5, 5.41) is 1.23. The van der Waals surface area contributed by atoms with Gasteiger partial charge < -0.3 is 0 Å². The molecule has 1 aromatic heterocycles. The van der Waals surface area contributed by atoms with Crippen LogP contribution in [0.3, 0.4) is 0 Å². The average molecular weight is 247 g/mol. The van der Waals surface area contributed by atoms with Crippen LogP contribution in [0.2, 0.25) is 0 Å². The Kier molecular flexibility index (Phi) is 2.83. The molecule has 0 fully saturated rings. The van der Waals surface area contributed by atoms with Crippen LogP contribution in [0.15, 0.2) is 48.5 Å². The summed E-state index contributed by atoms with van der Waals surface area (Å²) in [6, 6.07) is 17.0. The van der Waals surface area contributed by atoms with E-state index in [0.717, 1.165) is 11.2 Å². The molecule has 0 bridgehead atoms. The van der Waals surface area contributed by atoms with Crippen molar-refractivity contribution >= 4 is 10.9 Å². The number of nitrogens with zero attached hydrogens (tertiary/aromatic N) is 1. The maximum atomic E-state index is 4.78. The molecule has 0 aliphatic carbocycles. The summed E-state index contributed by atoms with van der Waals surface area (Å²) in [6.45, 7) is 6.43. The lowest BCUT2D eigenvalue weighted by atomic mass is 10.0. The van der Waals surface area contributed by atoms with Gasteiger partial charge in [-0.25, -0.2) is 4.98 Å². The van der Waals surface area contributed by atoms with Crippen molar-refractivity contribution in [3.63, 3.8) is 0 Å². The number of benzene rings is 2. The van der Waals surface area contributed by atoms with Crippen LogP contribution in [0.4, 0.5) is 0 Å². The monoisotopic (exact) mass is 247 g/mol. The number of aryl methyl sites for hydroxylation is 3. The van der Waals surface area contributed by atoms with Gasteiger partial charge in [-0.2, -0.15) is 0 Å². The predicted molar refractivity (Wildman–Crippen MR) is 81.4 cm³/mol. The van der Waals surface area contributed by atoms with Crippen LogP contribution < -0.4 is 0 Å². The minimum absolute atomic E-state index is 1.05. The topological polar surface area (TPSA) is 12.9 Å². The number of pyridine rings is 1. The van der Waals surface area contributed by atoms with E-state index in [9.17, 15) is 0 Å². The largest absolute Gasteiger partial charge is 0.248 e. The van der Waals surface area contributed by atoms with E-state index >= 15 is 0 Å². The third kappa shape index (κ3) is 2.12. The van der Waals surface area contributed by atoms with Crippen molar-refractivity contribution in [2.24, 2.45) is 0 Å². The quantitative estimate of drug-likeness (QED) is 0.600. The van der Waals surface area contributed by atoms with Crippen molar-refractivity contribution in [2.45, 2.75) is 20.8 Å². The van der Waals surface area contributed by atoms with Gasteiger partial charge in [0.05, 0.1) is 11.2 Å². The normalized spacial score (nSPS) is 10.9.